The maximum absolute atomic E-state index is 11.0. The van der Waals surface area contributed by atoms with E-state index < -0.39 is 0 Å². The van der Waals surface area contributed by atoms with Crippen molar-refractivity contribution in [3.63, 3.8) is 0 Å². The van der Waals surface area contributed by atoms with E-state index in [0.717, 1.165) is 22.6 Å². The molecule has 3 aromatic carbocycles. The van der Waals surface area contributed by atoms with Crippen LogP contribution in [0.15, 0.2) is 65.2 Å². The van der Waals surface area contributed by atoms with Gasteiger partial charge in [-0.3, -0.25) is 4.79 Å². The molecule has 0 amide bonds. The molecule has 1 aromatic heterocycles. The number of hydrogen-bond acceptors (Lipinski definition) is 7. The van der Waals surface area contributed by atoms with Crippen molar-refractivity contribution in [1.29, 1.82) is 0 Å². The van der Waals surface area contributed by atoms with Crippen LogP contribution in [0.4, 0.5) is 0 Å². The minimum absolute atomic E-state index is 0.0627. The van der Waals surface area contributed by atoms with Gasteiger partial charge in [0.25, 0.3) is 0 Å². The third-order valence-corrected chi connectivity index (χ3v) is 5.79. The van der Waals surface area contributed by atoms with Gasteiger partial charge in [0.05, 0.1) is 24.3 Å². The lowest BCUT2D eigenvalue weighted by Gasteiger charge is -2.18. The highest BCUT2D eigenvalue weighted by molar-refractivity contribution is 6.38. The third-order valence-electron chi connectivity index (χ3n) is 5.13. The topological polar surface area (TPSA) is 80.0 Å². The van der Waals surface area contributed by atoms with Crippen LogP contribution in [-0.4, -0.2) is 25.7 Å². The lowest BCUT2D eigenvalue weighted by molar-refractivity contribution is 0.109. The Balaban J connectivity index is 1.66. The second kappa shape index (κ2) is 11.2. The first-order valence-electron chi connectivity index (χ1n) is 10.5. The number of ether oxygens (including phenoxy) is 4. The summed E-state index contributed by atoms with van der Waals surface area (Å²) in [5.74, 6) is 2.06. The van der Waals surface area contributed by atoms with E-state index in [-0.39, 0.29) is 40.5 Å². The van der Waals surface area contributed by atoms with Gasteiger partial charge in [-0.05, 0) is 41.5 Å². The van der Waals surface area contributed by atoms with Crippen LogP contribution in [0.1, 0.15) is 21.7 Å². The van der Waals surface area contributed by atoms with Gasteiger partial charge in [-0.15, -0.1) is 0 Å². The molecule has 0 unspecified atom stereocenters. The van der Waals surface area contributed by atoms with Crippen molar-refractivity contribution in [3.05, 3.63) is 87.6 Å². The second-order valence-electron chi connectivity index (χ2n) is 7.38. The summed E-state index contributed by atoms with van der Waals surface area (Å²) in [6.07, 6.45) is 0.555. The Hall–Kier alpha value is -3.68. The quantitative estimate of drug-likeness (QED) is 0.220. The highest BCUT2D eigenvalue weighted by atomic mass is 35.5. The van der Waals surface area contributed by atoms with Gasteiger partial charge in [0.15, 0.2) is 23.5 Å². The van der Waals surface area contributed by atoms with Crippen molar-refractivity contribution in [1.82, 2.24) is 5.16 Å². The SMILES string of the molecule is COc1ccc(COc2c(Cl)cc(-c3cc(C=O)on3)c(Cl)c2OCc2ccc(OC)cc2)cc1. The molecular weight excluding hydrogens is 493 g/mol. The smallest absolute Gasteiger partial charge is 0.199 e. The first-order valence-corrected chi connectivity index (χ1v) is 11.2. The van der Waals surface area contributed by atoms with E-state index in [0.29, 0.717) is 17.5 Å². The Labute approximate surface area is 212 Å². The van der Waals surface area contributed by atoms with Gasteiger partial charge in [0.2, 0.25) is 0 Å². The highest BCUT2D eigenvalue weighted by Crippen LogP contribution is 2.47. The van der Waals surface area contributed by atoms with Gasteiger partial charge >= 0.3 is 0 Å². The van der Waals surface area contributed by atoms with Crippen LogP contribution in [-0.2, 0) is 13.2 Å². The summed E-state index contributed by atoms with van der Waals surface area (Å²) in [6, 6.07) is 17.9. The molecule has 35 heavy (non-hydrogen) atoms. The number of methoxy groups -OCH3 is 2. The van der Waals surface area contributed by atoms with E-state index in [4.69, 9.17) is 46.7 Å². The lowest BCUT2D eigenvalue weighted by atomic mass is 10.1. The van der Waals surface area contributed by atoms with Gasteiger partial charge in [-0.2, -0.15) is 0 Å². The predicted octanol–water partition coefficient (Wildman–Crippen LogP) is 6.64. The Kier molecular flexibility index (Phi) is 7.80. The number of halogens is 2. The summed E-state index contributed by atoms with van der Waals surface area (Å²) < 4.78 is 27.5. The molecule has 0 aliphatic carbocycles. The number of benzene rings is 3. The van der Waals surface area contributed by atoms with E-state index in [9.17, 15) is 4.79 Å². The zero-order valence-electron chi connectivity index (χ0n) is 18.9. The van der Waals surface area contributed by atoms with Crippen LogP contribution in [0.25, 0.3) is 11.3 Å². The van der Waals surface area contributed by atoms with E-state index in [1.165, 1.54) is 6.07 Å². The van der Waals surface area contributed by atoms with Gasteiger partial charge in [0, 0.05) is 11.6 Å². The molecule has 7 nitrogen and oxygen atoms in total. The molecular formula is C26H21Cl2NO6. The highest BCUT2D eigenvalue weighted by Gasteiger charge is 2.22. The van der Waals surface area contributed by atoms with Crippen LogP contribution in [0.5, 0.6) is 23.0 Å². The molecule has 0 fully saturated rings. The van der Waals surface area contributed by atoms with Crippen molar-refractivity contribution < 1.29 is 28.3 Å². The van der Waals surface area contributed by atoms with Gasteiger partial charge in [0.1, 0.15) is 30.4 Å². The summed E-state index contributed by atoms with van der Waals surface area (Å²) in [5, 5.41) is 4.39. The summed E-state index contributed by atoms with van der Waals surface area (Å²) >= 11 is 13.3. The van der Waals surface area contributed by atoms with Crippen LogP contribution in [0, 0.1) is 0 Å². The zero-order valence-corrected chi connectivity index (χ0v) is 20.4. The number of aromatic nitrogens is 1. The van der Waals surface area contributed by atoms with Crippen molar-refractivity contribution >= 4 is 29.5 Å². The molecule has 0 N–H and O–H groups in total. The maximum atomic E-state index is 11.0. The van der Waals surface area contributed by atoms with Gasteiger partial charge in [-0.1, -0.05) is 52.6 Å². The number of carbonyl (C=O) groups is 1. The fourth-order valence-electron chi connectivity index (χ4n) is 3.26. The number of carbonyl (C=O) groups excluding carboxylic acids is 1. The molecule has 0 aliphatic heterocycles. The molecule has 4 aromatic rings. The monoisotopic (exact) mass is 513 g/mol. The predicted molar refractivity (Wildman–Crippen MR) is 132 cm³/mol. The molecule has 0 saturated heterocycles. The lowest BCUT2D eigenvalue weighted by Crippen LogP contribution is -2.03. The average molecular weight is 514 g/mol. The summed E-state index contributed by atoms with van der Waals surface area (Å²) in [7, 11) is 3.21. The molecule has 0 aliphatic rings. The van der Waals surface area contributed by atoms with Crippen molar-refractivity contribution in [2.75, 3.05) is 14.2 Å². The van der Waals surface area contributed by atoms with E-state index in [2.05, 4.69) is 5.16 Å². The molecule has 180 valence electrons. The second-order valence-corrected chi connectivity index (χ2v) is 8.17. The van der Waals surface area contributed by atoms with Crippen molar-refractivity contribution in [3.8, 4) is 34.3 Å². The van der Waals surface area contributed by atoms with Crippen LogP contribution < -0.4 is 18.9 Å². The van der Waals surface area contributed by atoms with Crippen LogP contribution >= 0.6 is 23.2 Å². The maximum Gasteiger partial charge on any atom is 0.199 e. The molecule has 0 bridgehead atoms. The fourth-order valence-corrected chi connectivity index (χ4v) is 3.80. The molecule has 0 saturated carbocycles. The van der Waals surface area contributed by atoms with Crippen molar-refractivity contribution in [2.45, 2.75) is 13.2 Å². The molecule has 0 spiro atoms. The van der Waals surface area contributed by atoms with E-state index in [1.807, 2.05) is 48.5 Å². The molecule has 1 heterocycles. The van der Waals surface area contributed by atoms with Gasteiger partial charge in [-0.25, -0.2) is 0 Å². The largest absolute Gasteiger partial charge is 0.497 e. The Morgan fingerprint density at radius 2 is 1.37 bits per heavy atom. The average Bonchev–Trinajstić information content (AvgIpc) is 3.38. The fraction of sp³-hybridized carbons (Fsp3) is 0.154. The normalized spacial score (nSPS) is 10.6. The molecule has 9 heteroatoms. The number of nitrogens with zero attached hydrogens (tertiary/aromatic N) is 1. The van der Waals surface area contributed by atoms with E-state index in [1.54, 1.807) is 20.3 Å². The standard InChI is InChI=1S/C26H21Cl2NO6/c1-31-18-7-3-16(4-8-18)14-33-25-22(27)12-21(23-11-20(13-30)35-29-23)24(28)26(25)34-15-17-5-9-19(32-2)10-6-17/h3-13H,14-15H2,1-2H3. The molecule has 0 atom stereocenters. The number of hydrogen-bond donors (Lipinski definition) is 0. The number of rotatable bonds is 10. The third kappa shape index (κ3) is 5.70. The summed E-state index contributed by atoms with van der Waals surface area (Å²) in [5.41, 5.74) is 2.56. The first kappa shape index (κ1) is 24.4. The molecule has 0 radical (unpaired) electrons. The van der Waals surface area contributed by atoms with Crippen molar-refractivity contribution in [2.24, 2.45) is 0 Å². The summed E-state index contributed by atoms with van der Waals surface area (Å²) in [6.45, 7) is 0.415. The Morgan fingerprint density at radius 1 is 0.829 bits per heavy atom. The van der Waals surface area contributed by atoms with Gasteiger partial charge < -0.3 is 23.5 Å². The minimum atomic E-state index is 0.0627. The van der Waals surface area contributed by atoms with E-state index >= 15 is 0 Å². The first-order chi connectivity index (χ1) is 17.0. The summed E-state index contributed by atoms with van der Waals surface area (Å²) in [4.78, 5) is 11.0. The zero-order chi connectivity index (χ0) is 24.8. The van der Waals surface area contributed by atoms with Crippen LogP contribution in [0.2, 0.25) is 10.0 Å². The van der Waals surface area contributed by atoms with Crippen LogP contribution in [0.3, 0.4) is 0 Å². The molecule has 4 rings (SSSR count). The number of aldehydes is 1. The minimum Gasteiger partial charge on any atom is -0.497 e. The Morgan fingerprint density at radius 3 is 1.86 bits per heavy atom. The Bertz CT molecular complexity index is 1300.